The normalized spacial score (nSPS) is 25.2. The smallest absolute Gasteiger partial charge is 0.226 e. The van der Waals surface area contributed by atoms with Gasteiger partial charge in [0, 0.05) is 26.2 Å². The predicted molar refractivity (Wildman–Crippen MR) is 93.0 cm³/mol. The van der Waals surface area contributed by atoms with Gasteiger partial charge in [0.1, 0.15) is 5.82 Å². The van der Waals surface area contributed by atoms with Gasteiger partial charge in [-0.15, -0.1) is 0 Å². The van der Waals surface area contributed by atoms with Crippen molar-refractivity contribution in [3.63, 3.8) is 0 Å². The van der Waals surface area contributed by atoms with Crippen molar-refractivity contribution in [3.8, 4) is 0 Å². The number of amides is 1. The second-order valence-electron chi connectivity index (χ2n) is 7.20. The van der Waals surface area contributed by atoms with E-state index in [4.69, 9.17) is 0 Å². The van der Waals surface area contributed by atoms with E-state index < -0.39 is 0 Å². The molecule has 2 aliphatic rings. The Balaban J connectivity index is 1.54. The summed E-state index contributed by atoms with van der Waals surface area (Å²) in [6, 6.07) is 6.77. The lowest BCUT2D eigenvalue weighted by atomic mass is 9.96. The van der Waals surface area contributed by atoms with E-state index in [1.165, 1.54) is 6.07 Å². The zero-order chi connectivity index (χ0) is 16.9. The van der Waals surface area contributed by atoms with Gasteiger partial charge in [-0.2, -0.15) is 0 Å². The van der Waals surface area contributed by atoms with Crippen LogP contribution in [0.5, 0.6) is 0 Å². The van der Waals surface area contributed by atoms with Crippen LogP contribution in [0, 0.1) is 17.7 Å². The molecular weight excluding hydrogens is 305 g/mol. The van der Waals surface area contributed by atoms with Crippen LogP contribution in [0.3, 0.4) is 0 Å². The van der Waals surface area contributed by atoms with Crippen LogP contribution in [0.1, 0.15) is 24.8 Å². The lowest BCUT2D eigenvalue weighted by molar-refractivity contribution is -0.136. The van der Waals surface area contributed by atoms with Crippen LogP contribution in [0.2, 0.25) is 0 Å². The first-order valence-corrected chi connectivity index (χ1v) is 9.06. The number of rotatable bonds is 5. The molecule has 2 fully saturated rings. The number of carbonyl (C=O) groups excluding carboxylic acids is 1. The molecule has 2 unspecified atom stereocenters. The third-order valence-electron chi connectivity index (χ3n) is 5.24. The summed E-state index contributed by atoms with van der Waals surface area (Å²) >= 11 is 0. The monoisotopic (exact) mass is 333 g/mol. The van der Waals surface area contributed by atoms with Gasteiger partial charge in [-0.05, 0) is 63.0 Å². The lowest BCUT2D eigenvalue weighted by Gasteiger charge is -2.34. The highest BCUT2D eigenvalue weighted by Crippen LogP contribution is 2.24. The minimum absolute atomic E-state index is 0.0978. The van der Waals surface area contributed by atoms with Crippen molar-refractivity contribution >= 4 is 5.91 Å². The molecule has 24 heavy (non-hydrogen) atoms. The summed E-state index contributed by atoms with van der Waals surface area (Å²) in [5.41, 5.74) is 0.985. The van der Waals surface area contributed by atoms with Gasteiger partial charge in [0.15, 0.2) is 0 Å². The summed E-state index contributed by atoms with van der Waals surface area (Å²) in [5.74, 6) is 0.814. The Morgan fingerprint density at radius 2 is 2.17 bits per heavy atom. The van der Waals surface area contributed by atoms with Crippen LogP contribution in [-0.4, -0.2) is 55.5 Å². The molecule has 0 bridgehead atoms. The standard InChI is InChI=1S/C19H28FN3O/c1-21-11-16-7-9-23(13-16)19(24)17-5-3-8-22(14-17)12-15-4-2-6-18(20)10-15/h2,4,6,10,16-17,21H,3,5,7-9,11-14H2,1H3. The minimum atomic E-state index is -0.190. The molecule has 0 aromatic heterocycles. The van der Waals surface area contributed by atoms with Crippen molar-refractivity contribution in [1.82, 2.24) is 15.1 Å². The minimum Gasteiger partial charge on any atom is -0.342 e. The molecule has 4 nitrogen and oxygen atoms in total. The molecule has 0 aliphatic carbocycles. The van der Waals surface area contributed by atoms with E-state index in [2.05, 4.69) is 15.1 Å². The molecule has 5 heteroatoms. The van der Waals surface area contributed by atoms with Crippen molar-refractivity contribution in [2.45, 2.75) is 25.8 Å². The second-order valence-corrected chi connectivity index (χ2v) is 7.20. The van der Waals surface area contributed by atoms with Crippen LogP contribution in [0.15, 0.2) is 24.3 Å². The first-order chi connectivity index (χ1) is 11.7. The van der Waals surface area contributed by atoms with Crippen molar-refractivity contribution in [3.05, 3.63) is 35.6 Å². The second kappa shape index (κ2) is 8.08. The fourth-order valence-electron chi connectivity index (χ4n) is 4.04. The van der Waals surface area contributed by atoms with Gasteiger partial charge in [0.25, 0.3) is 0 Å². The number of likely N-dealkylation sites (tertiary alicyclic amines) is 2. The Morgan fingerprint density at radius 1 is 1.29 bits per heavy atom. The molecule has 1 N–H and O–H groups in total. The van der Waals surface area contributed by atoms with Crippen LogP contribution in [0.4, 0.5) is 4.39 Å². The highest BCUT2D eigenvalue weighted by Gasteiger charge is 2.33. The number of halogens is 1. The summed E-state index contributed by atoms with van der Waals surface area (Å²) in [6.07, 6.45) is 3.12. The zero-order valence-electron chi connectivity index (χ0n) is 14.5. The van der Waals surface area contributed by atoms with Gasteiger partial charge in [0.2, 0.25) is 5.91 Å². The summed E-state index contributed by atoms with van der Waals surface area (Å²) in [4.78, 5) is 17.2. The predicted octanol–water partition coefficient (Wildman–Crippen LogP) is 2.11. The average Bonchev–Trinajstić information content (AvgIpc) is 3.03. The SMILES string of the molecule is CNCC1CCN(C(=O)C2CCCN(Cc3cccc(F)c3)C2)C1. The highest BCUT2D eigenvalue weighted by atomic mass is 19.1. The van der Waals surface area contributed by atoms with Gasteiger partial charge >= 0.3 is 0 Å². The van der Waals surface area contributed by atoms with Gasteiger partial charge in [-0.25, -0.2) is 4.39 Å². The first kappa shape index (κ1) is 17.4. The Morgan fingerprint density at radius 3 is 2.96 bits per heavy atom. The zero-order valence-corrected chi connectivity index (χ0v) is 14.5. The summed E-state index contributed by atoms with van der Waals surface area (Å²) < 4.78 is 13.3. The van der Waals surface area contributed by atoms with E-state index in [-0.39, 0.29) is 11.7 Å². The lowest BCUT2D eigenvalue weighted by Crippen LogP contribution is -2.44. The molecule has 0 saturated carbocycles. The van der Waals surface area contributed by atoms with E-state index in [0.717, 1.165) is 64.1 Å². The van der Waals surface area contributed by atoms with Crippen molar-refractivity contribution < 1.29 is 9.18 Å². The molecule has 1 amide bonds. The van der Waals surface area contributed by atoms with Crippen molar-refractivity contribution in [2.24, 2.45) is 11.8 Å². The molecule has 1 aromatic carbocycles. The number of hydrogen-bond acceptors (Lipinski definition) is 3. The Kier molecular flexibility index (Phi) is 5.85. The number of carbonyl (C=O) groups is 1. The van der Waals surface area contributed by atoms with Gasteiger partial charge in [0.05, 0.1) is 5.92 Å². The van der Waals surface area contributed by atoms with Gasteiger partial charge < -0.3 is 10.2 Å². The quantitative estimate of drug-likeness (QED) is 0.896. The maximum atomic E-state index is 13.3. The highest BCUT2D eigenvalue weighted by molar-refractivity contribution is 5.79. The number of benzene rings is 1. The third kappa shape index (κ3) is 4.33. The molecule has 2 aliphatic heterocycles. The summed E-state index contributed by atoms with van der Waals surface area (Å²) in [6.45, 7) is 5.28. The van der Waals surface area contributed by atoms with E-state index in [0.29, 0.717) is 11.8 Å². The van der Waals surface area contributed by atoms with Gasteiger partial charge in [-0.1, -0.05) is 12.1 Å². The molecule has 2 heterocycles. The number of nitrogens with zero attached hydrogens (tertiary/aromatic N) is 2. The maximum absolute atomic E-state index is 13.3. The van der Waals surface area contributed by atoms with Gasteiger partial charge in [-0.3, -0.25) is 9.69 Å². The average molecular weight is 333 g/mol. The molecule has 132 valence electrons. The Bertz CT molecular complexity index is 565. The topological polar surface area (TPSA) is 35.6 Å². The molecule has 0 spiro atoms. The molecule has 1 aromatic rings. The van der Waals surface area contributed by atoms with Crippen LogP contribution < -0.4 is 5.32 Å². The largest absolute Gasteiger partial charge is 0.342 e. The van der Waals surface area contributed by atoms with Crippen molar-refractivity contribution in [1.29, 1.82) is 0 Å². The van der Waals surface area contributed by atoms with E-state index in [9.17, 15) is 9.18 Å². The number of hydrogen-bond donors (Lipinski definition) is 1. The molecule has 2 saturated heterocycles. The molecule has 3 rings (SSSR count). The number of piperidine rings is 1. The van der Waals surface area contributed by atoms with E-state index >= 15 is 0 Å². The maximum Gasteiger partial charge on any atom is 0.226 e. The molecule has 2 atom stereocenters. The van der Waals surface area contributed by atoms with Crippen LogP contribution in [-0.2, 0) is 11.3 Å². The number of nitrogens with one attached hydrogen (secondary N) is 1. The van der Waals surface area contributed by atoms with Crippen LogP contribution in [0.25, 0.3) is 0 Å². The molecular formula is C19H28FN3O. The molecule has 0 radical (unpaired) electrons. The van der Waals surface area contributed by atoms with E-state index in [1.807, 2.05) is 13.1 Å². The summed E-state index contributed by atoms with van der Waals surface area (Å²) in [5, 5.41) is 3.21. The first-order valence-electron chi connectivity index (χ1n) is 9.06. The summed E-state index contributed by atoms with van der Waals surface area (Å²) in [7, 11) is 1.97. The van der Waals surface area contributed by atoms with Crippen LogP contribution >= 0.6 is 0 Å². The fraction of sp³-hybridized carbons (Fsp3) is 0.632. The fourth-order valence-corrected chi connectivity index (χ4v) is 4.04. The van der Waals surface area contributed by atoms with E-state index in [1.54, 1.807) is 12.1 Å². The Labute approximate surface area is 144 Å². The third-order valence-corrected chi connectivity index (χ3v) is 5.24. The Hall–Kier alpha value is -1.46. The van der Waals surface area contributed by atoms with Crippen molar-refractivity contribution in [2.75, 3.05) is 39.8 Å².